The van der Waals surface area contributed by atoms with E-state index >= 15 is 0 Å². The number of pyridine rings is 1. The Balaban J connectivity index is 2.75. The quantitative estimate of drug-likeness (QED) is 0.442. The summed E-state index contributed by atoms with van der Waals surface area (Å²) in [6.07, 6.45) is -4.61. The first-order valence-corrected chi connectivity index (χ1v) is 5.34. The molecule has 0 saturated carbocycles. The van der Waals surface area contributed by atoms with Gasteiger partial charge in [0.15, 0.2) is 0 Å². The van der Waals surface area contributed by atoms with Crippen LogP contribution in [-0.2, 0) is 6.18 Å². The Hall–Kier alpha value is -1.75. The molecule has 0 atom stereocenters. The van der Waals surface area contributed by atoms with Gasteiger partial charge >= 0.3 is 6.18 Å². The van der Waals surface area contributed by atoms with E-state index in [0.29, 0.717) is 0 Å². The summed E-state index contributed by atoms with van der Waals surface area (Å²) in [5, 5.41) is 11.4. The lowest BCUT2D eigenvalue weighted by molar-refractivity contribution is -0.592. The summed E-state index contributed by atoms with van der Waals surface area (Å²) in [7, 11) is 0. The first kappa shape index (κ1) is 12.7. The van der Waals surface area contributed by atoms with Gasteiger partial charge in [0.25, 0.3) is 5.15 Å². The molecule has 0 aliphatic heterocycles. The van der Waals surface area contributed by atoms with Gasteiger partial charge in [-0.2, -0.15) is 17.9 Å². The second-order valence-electron chi connectivity index (χ2n) is 3.58. The van der Waals surface area contributed by atoms with Gasteiger partial charge in [0.05, 0.1) is 0 Å². The van der Waals surface area contributed by atoms with Crippen LogP contribution in [0.3, 0.4) is 0 Å². The fourth-order valence-corrected chi connectivity index (χ4v) is 1.76. The highest BCUT2D eigenvalue weighted by Crippen LogP contribution is 2.35. The number of halogens is 4. The summed E-state index contributed by atoms with van der Waals surface area (Å²) in [5.41, 5.74) is -1.33. The molecule has 1 heterocycles. The minimum atomic E-state index is -4.61. The van der Waals surface area contributed by atoms with E-state index in [4.69, 9.17) is 11.6 Å². The first-order valence-electron chi connectivity index (χ1n) is 4.96. The Labute approximate surface area is 106 Å². The number of alkyl halides is 3. The minimum Gasteiger partial charge on any atom is -0.617 e. The van der Waals surface area contributed by atoms with Crippen LogP contribution in [0.5, 0.6) is 0 Å². The molecular weight excluding hydrogens is 267 g/mol. The van der Waals surface area contributed by atoms with Crippen LogP contribution in [0.25, 0.3) is 11.3 Å². The van der Waals surface area contributed by atoms with Crippen molar-refractivity contribution in [3.8, 4) is 11.3 Å². The molecular formula is C12H7ClF3NO. The highest BCUT2D eigenvalue weighted by Gasteiger charge is 2.38. The molecule has 2 nitrogen and oxygen atoms in total. The van der Waals surface area contributed by atoms with Gasteiger partial charge in [0, 0.05) is 11.6 Å². The number of nitrogens with zero attached hydrogens (tertiary/aromatic N) is 1. The molecule has 0 unspecified atom stereocenters. The normalized spacial score (nSPS) is 11.6. The van der Waals surface area contributed by atoms with Crippen LogP contribution in [-0.4, -0.2) is 0 Å². The molecule has 1 aromatic carbocycles. The lowest BCUT2D eigenvalue weighted by atomic mass is 10.1. The lowest BCUT2D eigenvalue weighted by Gasteiger charge is -2.13. The van der Waals surface area contributed by atoms with Crippen LogP contribution < -0.4 is 4.73 Å². The van der Waals surface area contributed by atoms with Crippen LogP contribution in [0.15, 0.2) is 42.5 Å². The molecule has 0 aliphatic carbocycles. The summed E-state index contributed by atoms with van der Waals surface area (Å²) < 4.78 is 38.6. The van der Waals surface area contributed by atoms with Gasteiger partial charge in [-0.15, -0.1) is 0 Å². The summed E-state index contributed by atoms with van der Waals surface area (Å²) >= 11 is 5.57. The molecule has 1 aromatic heterocycles. The second kappa shape index (κ2) is 4.49. The molecule has 0 aliphatic rings. The van der Waals surface area contributed by atoms with Crippen LogP contribution in [0, 0.1) is 5.21 Å². The van der Waals surface area contributed by atoms with Gasteiger partial charge in [-0.1, -0.05) is 18.2 Å². The van der Waals surface area contributed by atoms with Crippen molar-refractivity contribution in [3.63, 3.8) is 0 Å². The third-order valence-corrected chi connectivity index (χ3v) is 2.67. The van der Waals surface area contributed by atoms with Crippen molar-refractivity contribution in [2.75, 3.05) is 0 Å². The summed E-state index contributed by atoms with van der Waals surface area (Å²) in [4.78, 5) is 0. The van der Waals surface area contributed by atoms with Crippen LogP contribution in [0.2, 0.25) is 5.15 Å². The van der Waals surface area contributed by atoms with Gasteiger partial charge in [-0.25, -0.2) is 0 Å². The van der Waals surface area contributed by atoms with Gasteiger partial charge in [0.2, 0.25) is 5.69 Å². The van der Waals surface area contributed by atoms with Crippen molar-refractivity contribution in [1.82, 2.24) is 0 Å². The Bertz CT molecular complexity index is 570. The van der Waals surface area contributed by atoms with Gasteiger partial charge in [-0.3, -0.25) is 0 Å². The fourth-order valence-electron chi connectivity index (χ4n) is 1.61. The van der Waals surface area contributed by atoms with E-state index < -0.39 is 17.4 Å². The molecule has 94 valence electrons. The van der Waals surface area contributed by atoms with Gasteiger partial charge < -0.3 is 5.21 Å². The van der Waals surface area contributed by atoms with E-state index in [1.165, 1.54) is 12.1 Å². The molecule has 0 radical (unpaired) electrons. The van der Waals surface area contributed by atoms with E-state index in [1.54, 1.807) is 18.2 Å². The maximum atomic E-state index is 12.9. The predicted octanol–water partition coefficient (Wildman–Crippen LogP) is 3.66. The van der Waals surface area contributed by atoms with Crippen molar-refractivity contribution < 1.29 is 17.9 Å². The number of rotatable bonds is 1. The maximum absolute atomic E-state index is 12.9. The highest BCUT2D eigenvalue weighted by molar-refractivity contribution is 6.28. The number of aromatic nitrogens is 1. The zero-order valence-electron chi connectivity index (χ0n) is 8.91. The predicted molar refractivity (Wildman–Crippen MR) is 60.9 cm³/mol. The smallest absolute Gasteiger partial charge is 0.422 e. The molecule has 6 heteroatoms. The van der Waals surface area contributed by atoms with Crippen LogP contribution >= 0.6 is 11.6 Å². The Morgan fingerprint density at radius 3 is 2.17 bits per heavy atom. The van der Waals surface area contributed by atoms with Crippen molar-refractivity contribution in [2.45, 2.75) is 6.18 Å². The number of hydrogen-bond donors (Lipinski definition) is 0. The Kier molecular flexibility index (Phi) is 3.17. The van der Waals surface area contributed by atoms with Crippen molar-refractivity contribution in [3.05, 3.63) is 58.4 Å². The number of hydrogen-bond acceptors (Lipinski definition) is 1. The van der Waals surface area contributed by atoms with Crippen LogP contribution in [0.1, 0.15) is 5.56 Å². The molecule has 0 fully saturated rings. The molecule has 0 N–H and O–H groups in total. The maximum Gasteiger partial charge on any atom is 0.422 e. The van der Waals surface area contributed by atoms with Crippen molar-refractivity contribution in [2.24, 2.45) is 0 Å². The molecule has 0 bridgehead atoms. The third kappa shape index (κ3) is 2.26. The number of benzene rings is 1. The largest absolute Gasteiger partial charge is 0.617 e. The Morgan fingerprint density at radius 2 is 1.61 bits per heavy atom. The zero-order chi connectivity index (χ0) is 13.3. The van der Waals surface area contributed by atoms with E-state index in [9.17, 15) is 18.4 Å². The summed E-state index contributed by atoms with van der Waals surface area (Å²) in [6, 6.07) is 9.34. The van der Waals surface area contributed by atoms with E-state index in [-0.39, 0.29) is 15.4 Å². The average molecular weight is 274 g/mol. The summed E-state index contributed by atoms with van der Waals surface area (Å²) in [5.74, 6) is 0. The second-order valence-corrected chi connectivity index (χ2v) is 3.96. The van der Waals surface area contributed by atoms with Gasteiger partial charge in [0.1, 0.15) is 5.56 Å². The highest BCUT2D eigenvalue weighted by atomic mass is 35.5. The fraction of sp³-hybridized carbons (Fsp3) is 0.0833. The third-order valence-electron chi connectivity index (χ3n) is 2.39. The molecule has 0 spiro atoms. The van der Waals surface area contributed by atoms with E-state index in [2.05, 4.69) is 0 Å². The van der Waals surface area contributed by atoms with Crippen molar-refractivity contribution in [1.29, 1.82) is 0 Å². The van der Waals surface area contributed by atoms with Crippen LogP contribution in [0.4, 0.5) is 13.2 Å². The molecule has 18 heavy (non-hydrogen) atoms. The molecule has 0 amide bonds. The molecule has 2 rings (SSSR count). The zero-order valence-corrected chi connectivity index (χ0v) is 9.66. The lowest BCUT2D eigenvalue weighted by Crippen LogP contribution is -2.33. The van der Waals surface area contributed by atoms with Crippen molar-refractivity contribution >= 4 is 11.6 Å². The Morgan fingerprint density at radius 1 is 1.00 bits per heavy atom. The average Bonchev–Trinajstić information content (AvgIpc) is 2.32. The van der Waals surface area contributed by atoms with Gasteiger partial charge in [-0.05, 0) is 29.8 Å². The van der Waals surface area contributed by atoms with E-state index in [0.717, 1.165) is 12.1 Å². The minimum absolute atomic E-state index is 0.0830. The standard InChI is InChI=1S/C12H7ClF3NO/c13-10-7-6-9(12(14,15)16)11(17(10)18)8-4-2-1-3-5-8/h1-7H. The molecule has 0 saturated heterocycles. The first-order chi connectivity index (χ1) is 8.41. The summed E-state index contributed by atoms with van der Waals surface area (Å²) in [6.45, 7) is 0. The SMILES string of the molecule is [O-][n+]1c(Cl)ccc(C(F)(F)F)c1-c1ccccc1. The monoisotopic (exact) mass is 273 g/mol. The molecule has 2 aromatic rings. The van der Waals surface area contributed by atoms with E-state index in [1.807, 2.05) is 0 Å². The topological polar surface area (TPSA) is 26.9 Å².